The third kappa shape index (κ3) is 2.64. The summed E-state index contributed by atoms with van der Waals surface area (Å²) in [5, 5.41) is 1.27. The molecule has 0 saturated heterocycles. The van der Waals surface area contributed by atoms with Gasteiger partial charge in [0, 0.05) is 11.6 Å². The van der Waals surface area contributed by atoms with Gasteiger partial charge in [0.15, 0.2) is 0 Å². The first-order chi connectivity index (χ1) is 8.06. The summed E-state index contributed by atoms with van der Waals surface area (Å²) in [5.41, 5.74) is 0.278. The number of alkyl halides is 2. The molecule has 0 spiro atoms. The fourth-order valence-corrected chi connectivity index (χ4v) is 1.63. The largest absolute Gasteiger partial charge is 0.270 e. The molecule has 2 aromatic carbocycles. The maximum atomic E-state index is 12.4. The zero-order valence-electron chi connectivity index (χ0n) is 8.63. The van der Waals surface area contributed by atoms with Crippen molar-refractivity contribution in [3.8, 4) is 0 Å². The second kappa shape index (κ2) is 4.57. The van der Waals surface area contributed by atoms with E-state index in [4.69, 9.17) is 0 Å². The van der Waals surface area contributed by atoms with Gasteiger partial charge in [0.1, 0.15) is 0 Å². The Hall–Kier alpha value is -1.84. The standard InChI is InChI=1S/C13H8F4/c14-12(15)6-8-1-2-10-7-11(13(16)17)4-3-9(10)5-8/h1-7,13H. The molecule has 2 rings (SSSR count). The van der Waals surface area contributed by atoms with Crippen LogP contribution in [0.1, 0.15) is 17.6 Å². The van der Waals surface area contributed by atoms with Crippen molar-refractivity contribution in [2.24, 2.45) is 0 Å². The van der Waals surface area contributed by atoms with E-state index in [0.29, 0.717) is 16.3 Å². The number of benzene rings is 2. The summed E-state index contributed by atoms with van der Waals surface area (Å²) in [4.78, 5) is 0. The number of rotatable bonds is 2. The van der Waals surface area contributed by atoms with Crippen molar-refractivity contribution in [2.45, 2.75) is 6.43 Å². The zero-order valence-corrected chi connectivity index (χ0v) is 8.63. The van der Waals surface area contributed by atoms with Gasteiger partial charge in [0.2, 0.25) is 0 Å². The first-order valence-electron chi connectivity index (χ1n) is 4.91. The Kier molecular flexibility index (Phi) is 3.13. The topological polar surface area (TPSA) is 0 Å². The predicted octanol–water partition coefficient (Wildman–Crippen LogP) is 5.01. The van der Waals surface area contributed by atoms with Crippen molar-refractivity contribution >= 4 is 16.8 Å². The van der Waals surface area contributed by atoms with Crippen LogP contribution < -0.4 is 0 Å². The second-order valence-corrected chi connectivity index (χ2v) is 3.60. The van der Waals surface area contributed by atoms with Crippen molar-refractivity contribution < 1.29 is 17.6 Å². The van der Waals surface area contributed by atoms with E-state index in [1.54, 1.807) is 6.07 Å². The molecule has 0 nitrogen and oxygen atoms in total. The Morgan fingerprint density at radius 1 is 0.941 bits per heavy atom. The lowest BCUT2D eigenvalue weighted by Gasteiger charge is -2.03. The minimum Gasteiger partial charge on any atom is -0.205 e. The number of fused-ring (bicyclic) bond motifs is 1. The Morgan fingerprint density at radius 3 is 2.24 bits per heavy atom. The van der Waals surface area contributed by atoms with Crippen LogP contribution in [0.25, 0.3) is 16.8 Å². The van der Waals surface area contributed by atoms with Gasteiger partial charge in [0.05, 0.1) is 0 Å². The summed E-state index contributed by atoms with van der Waals surface area (Å²) in [6.45, 7) is 0. The normalized spacial score (nSPS) is 10.9. The van der Waals surface area contributed by atoms with Crippen LogP contribution >= 0.6 is 0 Å². The van der Waals surface area contributed by atoms with Crippen molar-refractivity contribution in [1.82, 2.24) is 0 Å². The van der Waals surface area contributed by atoms with Gasteiger partial charge >= 0.3 is 0 Å². The lowest BCUT2D eigenvalue weighted by molar-refractivity contribution is 0.151. The molecule has 0 aliphatic carbocycles. The first kappa shape index (κ1) is 11.6. The molecule has 0 unspecified atom stereocenters. The lowest BCUT2D eigenvalue weighted by Crippen LogP contribution is -1.84. The highest BCUT2D eigenvalue weighted by Gasteiger charge is 2.07. The Balaban J connectivity index is 2.50. The van der Waals surface area contributed by atoms with E-state index in [-0.39, 0.29) is 5.56 Å². The van der Waals surface area contributed by atoms with Crippen LogP contribution in [-0.4, -0.2) is 0 Å². The smallest absolute Gasteiger partial charge is 0.205 e. The third-order valence-electron chi connectivity index (χ3n) is 2.42. The summed E-state index contributed by atoms with van der Waals surface area (Å²) < 4.78 is 49.0. The molecule has 4 heteroatoms. The highest BCUT2D eigenvalue weighted by molar-refractivity contribution is 5.85. The van der Waals surface area contributed by atoms with E-state index >= 15 is 0 Å². The number of hydrogen-bond acceptors (Lipinski definition) is 0. The Morgan fingerprint density at radius 2 is 1.59 bits per heavy atom. The third-order valence-corrected chi connectivity index (χ3v) is 2.42. The van der Waals surface area contributed by atoms with E-state index in [9.17, 15) is 17.6 Å². The van der Waals surface area contributed by atoms with E-state index < -0.39 is 12.5 Å². The fraction of sp³-hybridized carbons (Fsp3) is 0.0769. The lowest BCUT2D eigenvalue weighted by atomic mass is 10.0. The SMILES string of the molecule is FC(F)=Cc1ccc2cc(C(F)F)ccc2c1. The van der Waals surface area contributed by atoms with Gasteiger partial charge in [-0.15, -0.1) is 0 Å². The zero-order chi connectivity index (χ0) is 12.4. The Bertz CT molecular complexity index is 569. The van der Waals surface area contributed by atoms with E-state index in [2.05, 4.69) is 0 Å². The predicted molar refractivity (Wildman–Crippen MR) is 59.1 cm³/mol. The van der Waals surface area contributed by atoms with Crippen LogP contribution in [0.5, 0.6) is 0 Å². The molecule has 0 bridgehead atoms. The molecule has 0 saturated carbocycles. The summed E-state index contributed by atoms with van der Waals surface area (Å²) in [6.07, 6.45) is -3.57. The molecule has 17 heavy (non-hydrogen) atoms. The van der Waals surface area contributed by atoms with Crippen LogP contribution in [0.4, 0.5) is 17.6 Å². The van der Waals surface area contributed by atoms with Crippen molar-refractivity contribution in [3.05, 3.63) is 53.6 Å². The van der Waals surface area contributed by atoms with Gasteiger partial charge in [-0.1, -0.05) is 24.3 Å². The molecule has 0 amide bonds. The minimum absolute atomic E-state index is 0.0718. The molecule has 0 atom stereocenters. The van der Waals surface area contributed by atoms with Gasteiger partial charge in [0.25, 0.3) is 12.5 Å². The van der Waals surface area contributed by atoms with Crippen LogP contribution in [0.3, 0.4) is 0 Å². The maximum absolute atomic E-state index is 12.4. The molecule has 88 valence electrons. The second-order valence-electron chi connectivity index (χ2n) is 3.60. The van der Waals surface area contributed by atoms with E-state index in [1.165, 1.54) is 30.3 Å². The molecular formula is C13H8F4. The van der Waals surface area contributed by atoms with Crippen LogP contribution in [0.15, 0.2) is 42.5 Å². The highest BCUT2D eigenvalue weighted by Crippen LogP contribution is 2.25. The minimum atomic E-state index is -2.53. The molecule has 0 radical (unpaired) electrons. The van der Waals surface area contributed by atoms with Crippen molar-refractivity contribution in [3.63, 3.8) is 0 Å². The number of hydrogen-bond donors (Lipinski definition) is 0. The van der Waals surface area contributed by atoms with Crippen molar-refractivity contribution in [1.29, 1.82) is 0 Å². The summed E-state index contributed by atoms with van der Waals surface area (Å²) in [7, 11) is 0. The molecule has 0 N–H and O–H groups in total. The van der Waals surface area contributed by atoms with Gasteiger partial charge < -0.3 is 0 Å². The highest BCUT2D eigenvalue weighted by atomic mass is 19.3. The van der Waals surface area contributed by atoms with Crippen LogP contribution in [0, 0.1) is 0 Å². The summed E-state index contributed by atoms with van der Waals surface area (Å²) in [5.74, 6) is 0. The van der Waals surface area contributed by atoms with Crippen molar-refractivity contribution in [2.75, 3.05) is 0 Å². The molecule has 0 aliphatic rings. The molecule has 0 aromatic heterocycles. The molecule has 0 heterocycles. The van der Waals surface area contributed by atoms with Crippen LogP contribution in [-0.2, 0) is 0 Å². The molecule has 0 aliphatic heterocycles. The van der Waals surface area contributed by atoms with E-state index in [0.717, 1.165) is 6.08 Å². The van der Waals surface area contributed by atoms with E-state index in [1.807, 2.05) is 0 Å². The van der Waals surface area contributed by atoms with Gasteiger partial charge in [-0.25, -0.2) is 8.78 Å². The monoisotopic (exact) mass is 240 g/mol. The average Bonchev–Trinajstić information content (AvgIpc) is 2.27. The summed E-state index contributed by atoms with van der Waals surface area (Å²) >= 11 is 0. The number of halogens is 4. The first-order valence-corrected chi connectivity index (χ1v) is 4.91. The van der Waals surface area contributed by atoms with Gasteiger partial charge in [-0.05, 0) is 28.5 Å². The molecule has 0 fully saturated rings. The molecule has 2 aromatic rings. The van der Waals surface area contributed by atoms with Gasteiger partial charge in [-0.3, -0.25) is 0 Å². The Labute approximate surface area is 95.2 Å². The maximum Gasteiger partial charge on any atom is 0.270 e. The average molecular weight is 240 g/mol. The summed E-state index contributed by atoms with van der Waals surface area (Å²) in [6, 6.07) is 8.71. The quantitative estimate of drug-likeness (QED) is 0.647. The van der Waals surface area contributed by atoms with Crippen LogP contribution in [0.2, 0.25) is 0 Å². The van der Waals surface area contributed by atoms with Gasteiger partial charge in [-0.2, -0.15) is 8.78 Å². The fourth-order valence-electron chi connectivity index (χ4n) is 1.63. The molecular weight excluding hydrogens is 232 g/mol.